The average molecular weight is 448 g/mol. The molecule has 3 aromatic rings. The molecule has 0 aliphatic carbocycles. The van der Waals surface area contributed by atoms with Crippen LogP contribution in [0.1, 0.15) is 31.0 Å². The monoisotopic (exact) mass is 447 g/mol. The van der Waals surface area contributed by atoms with E-state index in [9.17, 15) is 18.0 Å². The van der Waals surface area contributed by atoms with Crippen LogP contribution in [0.15, 0.2) is 47.3 Å². The molecular weight excluding hydrogens is 422 g/mol. The van der Waals surface area contributed by atoms with Crippen molar-refractivity contribution in [3.63, 3.8) is 0 Å². The summed E-state index contributed by atoms with van der Waals surface area (Å²) in [6, 6.07) is 12.8. The molecule has 7 nitrogen and oxygen atoms in total. The van der Waals surface area contributed by atoms with Gasteiger partial charge in [0.05, 0.1) is 23.0 Å². The molecule has 0 aliphatic rings. The minimum atomic E-state index is -3.58. The number of fused-ring (bicyclic) bond motifs is 1. The summed E-state index contributed by atoms with van der Waals surface area (Å²) < 4.78 is 28.0. The number of sulfonamides is 1. The molecule has 0 spiro atoms. The second-order valence-corrected chi connectivity index (χ2v) is 10.6. The summed E-state index contributed by atoms with van der Waals surface area (Å²) in [5.74, 6) is -0.442. The van der Waals surface area contributed by atoms with Crippen LogP contribution < -0.4 is 10.2 Å². The molecule has 160 valence electrons. The third-order valence-electron chi connectivity index (χ3n) is 4.68. The lowest BCUT2D eigenvalue weighted by atomic mass is 10.1. The summed E-state index contributed by atoms with van der Waals surface area (Å²) in [6.45, 7) is 5.65. The molecule has 0 unspecified atom stereocenters. The Balaban J connectivity index is 1.76. The van der Waals surface area contributed by atoms with E-state index in [-0.39, 0.29) is 24.0 Å². The fourth-order valence-corrected chi connectivity index (χ4v) is 4.94. The fourth-order valence-electron chi connectivity index (χ4n) is 3.15. The molecule has 0 saturated heterocycles. The van der Waals surface area contributed by atoms with E-state index < -0.39 is 15.9 Å². The van der Waals surface area contributed by atoms with Crippen LogP contribution >= 0.6 is 11.3 Å². The highest BCUT2D eigenvalue weighted by atomic mass is 32.2. The van der Waals surface area contributed by atoms with Crippen LogP contribution in [-0.2, 0) is 21.4 Å². The van der Waals surface area contributed by atoms with Crippen LogP contribution in [0.4, 0.5) is 5.69 Å². The predicted octanol–water partition coefficient (Wildman–Crippen LogP) is 3.35. The molecule has 3 rings (SSSR count). The quantitative estimate of drug-likeness (QED) is 0.602. The van der Waals surface area contributed by atoms with Gasteiger partial charge in [0, 0.05) is 18.3 Å². The highest BCUT2D eigenvalue weighted by molar-refractivity contribution is 7.88. The van der Waals surface area contributed by atoms with Crippen LogP contribution in [0.5, 0.6) is 0 Å². The van der Waals surface area contributed by atoms with Gasteiger partial charge in [-0.15, -0.1) is 0 Å². The van der Waals surface area contributed by atoms with Gasteiger partial charge in [-0.25, -0.2) is 8.42 Å². The summed E-state index contributed by atoms with van der Waals surface area (Å²) in [7, 11) is -3.58. The lowest BCUT2D eigenvalue weighted by Crippen LogP contribution is -2.36. The number of carbonyl (C=O) groups is 1. The van der Waals surface area contributed by atoms with Gasteiger partial charge in [0.2, 0.25) is 15.9 Å². The zero-order chi connectivity index (χ0) is 22.1. The van der Waals surface area contributed by atoms with E-state index in [1.807, 2.05) is 45.0 Å². The average Bonchev–Trinajstić information content (AvgIpc) is 2.97. The van der Waals surface area contributed by atoms with Crippen LogP contribution in [0.3, 0.4) is 0 Å². The molecule has 9 heteroatoms. The van der Waals surface area contributed by atoms with Gasteiger partial charge in [0.1, 0.15) is 0 Å². The highest BCUT2D eigenvalue weighted by Gasteiger charge is 2.21. The van der Waals surface area contributed by atoms with Gasteiger partial charge in [0.25, 0.3) is 0 Å². The molecule has 1 N–H and O–H groups in total. The smallest absolute Gasteiger partial charge is 0.308 e. The highest BCUT2D eigenvalue weighted by Crippen LogP contribution is 2.24. The summed E-state index contributed by atoms with van der Waals surface area (Å²) in [5.41, 5.74) is 3.22. The standard InChI is InChI=1S/C21H25N3O4S2/c1-14(2)24-18-10-9-17(11-19(18)29-21(24)26)22-20(25)13-23(30(4,27)28)12-16-7-5-15(3)6-8-16/h5-11,14H,12-13H2,1-4H3,(H,22,25). The van der Waals surface area contributed by atoms with Gasteiger partial charge in [0.15, 0.2) is 0 Å². The third kappa shape index (κ3) is 5.16. The Morgan fingerprint density at radius 1 is 1.17 bits per heavy atom. The summed E-state index contributed by atoms with van der Waals surface area (Å²) in [6.07, 6.45) is 1.09. The number of nitrogens with zero attached hydrogens (tertiary/aromatic N) is 2. The first-order valence-corrected chi connectivity index (χ1v) is 12.2. The van der Waals surface area contributed by atoms with Crippen molar-refractivity contribution in [2.24, 2.45) is 0 Å². The maximum Gasteiger partial charge on any atom is 0.308 e. The first-order chi connectivity index (χ1) is 14.0. The molecule has 0 saturated carbocycles. The Morgan fingerprint density at radius 2 is 1.83 bits per heavy atom. The number of hydrogen-bond acceptors (Lipinski definition) is 5. The molecule has 30 heavy (non-hydrogen) atoms. The SMILES string of the molecule is Cc1ccc(CN(CC(=O)Nc2ccc3c(c2)sc(=O)n3C(C)C)S(C)(=O)=O)cc1. The normalized spacial score (nSPS) is 12.1. The van der Waals surface area contributed by atoms with E-state index in [1.165, 1.54) is 0 Å². The molecule has 1 heterocycles. The van der Waals surface area contributed by atoms with Gasteiger partial charge >= 0.3 is 4.87 Å². The van der Waals surface area contributed by atoms with Gasteiger partial charge in [-0.3, -0.25) is 14.2 Å². The fraction of sp³-hybridized carbons (Fsp3) is 0.333. The van der Waals surface area contributed by atoms with Crippen LogP contribution in [0.25, 0.3) is 10.2 Å². The Bertz CT molecular complexity index is 1230. The Morgan fingerprint density at radius 3 is 2.43 bits per heavy atom. The first kappa shape index (κ1) is 22.2. The molecule has 0 radical (unpaired) electrons. The van der Waals surface area contributed by atoms with E-state index in [0.29, 0.717) is 5.69 Å². The van der Waals surface area contributed by atoms with E-state index >= 15 is 0 Å². The summed E-state index contributed by atoms with van der Waals surface area (Å²) >= 11 is 1.12. The van der Waals surface area contributed by atoms with Crippen molar-refractivity contribution < 1.29 is 13.2 Å². The zero-order valence-corrected chi connectivity index (χ0v) is 19.0. The Kier molecular flexibility index (Phi) is 6.44. The minimum absolute atomic E-state index is 0.0387. The van der Waals surface area contributed by atoms with Gasteiger partial charge < -0.3 is 5.32 Å². The molecule has 0 atom stereocenters. The van der Waals surface area contributed by atoms with Crippen molar-refractivity contribution >= 4 is 43.2 Å². The van der Waals surface area contributed by atoms with Gasteiger partial charge in [-0.05, 0) is 44.5 Å². The number of anilines is 1. The van der Waals surface area contributed by atoms with Crippen molar-refractivity contribution in [3.05, 3.63) is 63.3 Å². The van der Waals surface area contributed by atoms with E-state index in [2.05, 4.69) is 5.32 Å². The number of carbonyl (C=O) groups excluding carboxylic acids is 1. The number of aryl methyl sites for hydroxylation is 1. The lowest BCUT2D eigenvalue weighted by molar-refractivity contribution is -0.116. The van der Waals surface area contributed by atoms with Crippen LogP contribution in [0.2, 0.25) is 0 Å². The summed E-state index contributed by atoms with van der Waals surface area (Å²) in [5, 5.41) is 2.74. The molecule has 2 aromatic carbocycles. The molecule has 0 aliphatic heterocycles. The van der Waals surface area contributed by atoms with Crippen molar-refractivity contribution in [2.75, 3.05) is 18.1 Å². The number of thiazole rings is 1. The molecule has 0 fully saturated rings. The number of rotatable bonds is 7. The first-order valence-electron chi connectivity index (χ1n) is 9.50. The maximum atomic E-state index is 12.5. The van der Waals surface area contributed by atoms with Crippen LogP contribution in [0, 0.1) is 6.92 Å². The Hall–Kier alpha value is -2.49. The third-order valence-corrected chi connectivity index (χ3v) is 6.80. The molecule has 0 bridgehead atoms. The van der Waals surface area contributed by atoms with Crippen molar-refractivity contribution in [1.29, 1.82) is 0 Å². The zero-order valence-electron chi connectivity index (χ0n) is 17.4. The predicted molar refractivity (Wildman–Crippen MR) is 122 cm³/mol. The second-order valence-electron chi connectivity index (χ2n) is 7.58. The summed E-state index contributed by atoms with van der Waals surface area (Å²) in [4.78, 5) is 24.7. The second kappa shape index (κ2) is 8.71. The van der Waals surface area contributed by atoms with Crippen molar-refractivity contribution in [2.45, 2.75) is 33.4 Å². The van der Waals surface area contributed by atoms with Gasteiger partial charge in [-0.1, -0.05) is 41.2 Å². The number of benzene rings is 2. The van der Waals surface area contributed by atoms with E-state index in [1.54, 1.807) is 22.8 Å². The van der Waals surface area contributed by atoms with Crippen molar-refractivity contribution in [1.82, 2.24) is 8.87 Å². The molecule has 1 aromatic heterocycles. The topological polar surface area (TPSA) is 88.5 Å². The maximum absolute atomic E-state index is 12.5. The van der Waals surface area contributed by atoms with Gasteiger partial charge in [-0.2, -0.15) is 4.31 Å². The lowest BCUT2D eigenvalue weighted by Gasteiger charge is -2.19. The number of aromatic nitrogens is 1. The van der Waals surface area contributed by atoms with Crippen molar-refractivity contribution in [3.8, 4) is 0 Å². The van der Waals surface area contributed by atoms with E-state index in [0.717, 1.165) is 43.2 Å². The van der Waals surface area contributed by atoms with Crippen LogP contribution in [-0.4, -0.2) is 36.0 Å². The Labute approximate surface area is 180 Å². The number of amides is 1. The minimum Gasteiger partial charge on any atom is -0.325 e. The number of nitrogens with one attached hydrogen (secondary N) is 1. The number of hydrogen-bond donors (Lipinski definition) is 1. The largest absolute Gasteiger partial charge is 0.325 e. The van der Waals surface area contributed by atoms with E-state index in [4.69, 9.17) is 0 Å². The molecule has 1 amide bonds. The molecular formula is C21H25N3O4S2.